The van der Waals surface area contributed by atoms with Crippen molar-refractivity contribution in [1.29, 1.82) is 0 Å². The maximum Gasteiger partial charge on any atom is 0.340 e. The van der Waals surface area contributed by atoms with Gasteiger partial charge in [0.1, 0.15) is 0 Å². The van der Waals surface area contributed by atoms with E-state index >= 15 is 0 Å². The normalized spacial score (nSPS) is 13.7. The highest BCUT2D eigenvalue weighted by molar-refractivity contribution is 6.06. The third kappa shape index (κ3) is 6.16. The summed E-state index contributed by atoms with van der Waals surface area (Å²) in [6.45, 7) is 4.36. The van der Waals surface area contributed by atoms with Gasteiger partial charge in [0, 0.05) is 6.42 Å². The van der Waals surface area contributed by atoms with Gasteiger partial charge in [-0.1, -0.05) is 30.3 Å². The number of hydrogen-bond donors (Lipinski definition) is 1. The SMILES string of the molecule is CCOC(=O)CC(O)(C(=O)OCC)C(C(=O)Cc1ccccc1)C(=O)OCC. The van der Waals surface area contributed by atoms with Crippen LogP contribution in [0, 0.1) is 5.92 Å². The van der Waals surface area contributed by atoms with Crippen LogP contribution in [-0.4, -0.2) is 54.2 Å². The number of rotatable bonds is 11. The van der Waals surface area contributed by atoms with Crippen LogP contribution < -0.4 is 0 Å². The molecule has 0 bridgehead atoms. The Morgan fingerprint density at radius 2 is 1.50 bits per heavy atom. The first-order valence-electron chi connectivity index (χ1n) is 9.08. The van der Waals surface area contributed by atoms with Gasteiger partial charge in [0.05, 0.1) is 26.2 Å². The number of ketones is 1. The molecule has 154 valence electrons. The highest BCUT2D eigenvalue weighted by Gasteiger charge is 2.55. The van der Waals surface area contributed by atoms with Crippen molar-refractivity contribution >= 4 is 23.7 Å². The van der Waals surface area contributed by atoms with E-state index in [1.807, 2.05) is 0 Å². The van der Waals surface area contributed by atoms with Gasteiger partial charge in [-0.25, -0.2) is 4.79 Å². The van der Waals surface area contributed by atoms with Crippen molar-refractivity contribution < 1.29 is 38.5 Å². The number of aliphatic hydroxyl groups is 1. The fourth-order valence-corrected chi connectivity index (χ4v) is 2.70. The lowest BCUT2D eigenvalue weighted by molar-refractivity contribution is -0.187. The van der Waals surface area contributed by atoms with Crippen molar-refractivity contribution in [3.63, 3.8) is 0 Å². The summed E-state index contributed by atoms with van der Waals surface area (Å²) in [6, 6.07) is 8.49. The summed E-state index contributed by atoms with van der Waals surface area (Å²) in [4.78, 5) is 49.9. The maximum absolute atomic E-state index is 12.9. The summed E-state index contributed by atoms with van der Waals surface area (Å²) < 4.78 is 14.5. The van der Waals surface area contributed by atoms with Crippen LogP contribution in [0.3, 0.4) is 0 Å². The Hall–Kier alpha value is -2.74. The lowest BCUT2D eigenvalue weighted by Gasteiger charge is -2.30. The Morgan fingerprint density at radius 1 is 0.929 bits per heavy atom. The zero-order chi connectivity index (χ0) is 21.2. The fraction of sp³-hybridized carbons (Fsp3) is 0.500. The largest absolute Gasteiger partial charge is 0.466 e. The smallest absolute Gasteiger partial charge is 0.340 e. The molecule has 1 rings (SSSR count). The van der Waals surface area contributed by atoms with Crippen LogP contribution >= 0.6 is 0 Å². The zero-order valence-corrected chi connectivity index (χ0v) is 16.3. The summed E-state index contributed by atoms with van der Waals surface area (Å²) >= 11 is 0. The van der Waals surface area contributed by atoms with E-state index in [1.165, 1.54) is 13.8 Å². The van der Waals surface area contributed by atoms with Crippen molar-refractivity contribution in [2.75, 3.05) is 19.8 Å². The second-order valence-electron chi connectivity index (χ2n) is 5.94. The minimum Gasteiger partial charge on any atom is -0.466 e. The Balaban J connectivity index is 3.32. The Labute approximate surface area is 163 Å². The quantitative estimate of drug-likeness (QED) is 0.338. The number of hydrogen-bond acceptors (Lipinski definition) is 8. The summed E-state index contributed by atoms with van der Waals surface area (Å²) in [5, 5.41) is 11.0. The van der Waals surface area contributed by atoms with E-state index in [1.54, 1.807) is 37.3 Å². The Bertz CT molecular complexity index is 685. The maximum atomic E-state index is 12.9. The molecule has 8 heteroatoms. The standard InChI is InChI=1S/C20H26O8/c1-4-26-16(22)13-20(25,19(24)28-6-3)17(18(23)27-5-2)15(21)12-14-10-8-7-9-11-14/h7-11,17,25H,4-6,12-13H2,1-3H3. The van der Waals surface area contributed by atoms with E-state index in [4.69, 9.17) is 14.2 Å². The third-order valence-corrected chi connectivity index (χ3v) is 3.89. The molecule has 0 saturated carbocycles. The monoisotopic (exact) mass is 394 g/mol. The summed E-state index contributed by atoms with van der Waals surface area (Å²) in [5.74, 6) is -6.02. The molecule has 1 aromatic carbocycles. The molecule has 0 amide bonds. The van der Waals surface area contributed by atoms with Crippen molar-refractivity contribution in [2.45, 2.75) is 39.2 Å². The van der Waals surface area contributed by atoms with Crippen molar-refractivity contribution in [3.05, 3.63) is 35.9 Å². The van der Waals surface area contributed by atoms with Crippen LogP contribution in [0.2, 0.25) is 0 Å². The molecule has 0 aliphatic carbocycles. The van der Waals surface area contributed by atoms with Crippen molar-refractivity contribution in [2.24, 2.45) is 5.92 Å². The molecule has 0 spiro atoms. The molecule has 0 aliphatic rings. The summed E-state index contributed by atoms with van der Waals surface area (Å²) in [5.41, 5.74) is -2.16. The highest BCUT2D eigenvalue weighted by Crippen LogP contribution is 2.28. The molecule has 1 N–H and O–H groups in total. The highest BCUT2D eigenvalue weighted by atomic mass is 16.6. The molecule has 1 aromatic rings. The van der Waals surface area contributed by atoms with E-state index in [0.717, 1.165) is 0 Å². The van der Waals surface area contributed by atoms with Gasteiger partial charge in [0.15, 0.2) is 17.3 Å². The van der Waals surface area contributed by atoms with Crippen LogP contribution in [0.5, 0.6) is 0 Å². The van der Waals surface area contributed by atoms with Gasteiger partial charge in [-0.15, -0.1) is 0 Å². The molecule has 0 fully saturated rings. The summed E-state index contributed by atoms with van der Waals surface area (Å²) in [6.07, 6.45) is -1.15. The van der Waals surface area contributed by atoms with Gasteiger partial charge in [-0.3, -0.25) is 14.4 Å². The average Bonchev–Trinajstić information content (AvgIpc) is 2.63. The molecule has 28 heavy (non-hydrogen) atoms. The average molecular weight is 394 g/mol. The lowest BCUT2D eigenvalue weighted by Crippen LogP contribution is -2.55. The second kappa shape index (κ2) is 11.2. The van der Waals surface area contributed by atoms with Crippen molar-refractivity contribution in [1.82, 2.24) is 0 Å². The van der Waals surface area contributed by atoms with E-state index in [-0.39, 0.29) is 26.2 Å². The van der Waals surface area contributed by atoms with E-state index in [9.17, 15) is 24.3 Å². The van der Waals surface area contributed by atoms with Gasteiger partial charge in [0.25, 0.3) is 0 Å². The van der Waals surface area contributed by atoms with Crippen LogP contribution in [0.25, 0.3) is 0 Å². The number of carbonyl (C=O) groups is 4. The van der Waals surface area contributed by atoms with Gasteiger partial charge in [0.2, 0.25) is 0 Å². The topological polar surface area (TPSA) is 116 Å². The molecule has 0 heterocycles. The summed E-state index contributed by atoms with van der Waals surface area (Å²) in [7, 11) is 0. The van der Waals surface area contributed by atoms with Gasteiger partial charge >= 0.3 is 17.9 Å². The fourth-order valence-electron chi connectivity index (χ4n) is 2.70. The molecular weight excluding hydrogens is 368 g/mol. The van der Waals surface area contributed by atoms with E-state index < -0.39 is 41.6 Å². The van der Waals surface area contributed by atoms with E-state index in [0.29, 0.717) is 5.56 Å². The molecular formula is C20H26O8. The first-order chi connectivity index (χ1) is 13.3. The molecule has 2 unspecified atom stereocenters. The van der Waals surface area contributed by atoms with Gasteiger partial charge in [-0.05, 0) is 26.3 Å². The molecule has 2 atom stereocenters. The van der Waals surface area contributed by atoms with Crippen LogP contribution in [0.15, 0.2) is 30.3 Å². The number of benzene rings is 1. The minimum atomic E-state index is -2.74. The second-order valence-corrected chi connectivity index (χ2v) is 5.94. The number of ether oxygens (including phenoxy) is 3. The number of esters is 3. The van der Waals surface area contributed by atoms with Crippen LogP contribution in [0.4, 0.5) is 0 Å². The number of carbonyl (C=O) groups excluding carboxylic acids is 4. The third-order valence-electron chi connectivity index (χ3n) is 3.89. The molecule has 0 aromatic heterocycles. The van der Waals surface area contributed by atoms with E-state index in [2.05, 4.69) is 0 Å². The molecule has 0 aliphatic heterocycles. The molecule has 8 nitrogen and oxygen atoms in total. The predicted octanol–water partition coefficient (Wildman–Crippen LogP) is 1.22. The first kappa shape index (κ1) is 23.3. The molecule has 0 radical (unpaired) electrons. The number of Topliss-reactive ketones (excluding diaryl/α,β-unsaturated/α-hetero) is 1. The van der Waals surface area contributed by atoms with Gasteiger partial charge < -0.3 is 19.3 Å². The Morgan fingerprint density at radius 3 is 2.04 bits per heavy atom. The molecule has 0 saturated heterocycles. The zero-order valence-electron chi connectivity index (χ0n) is 16.3. The Kier molecular flexibility index (Phi) is 9.31. The lowest BCUT2D eigenvalue weighted by atomic mass is 9.79. The van der Waals surface area contributed by atoms with Crippen LogP contribution in [-0.2, 0) is 39.8 Å². The van der Waals surface area contributed by atoms with Crippen LogP contribution in [0.1, 0.15) is 32.8 Å². The first-order valence-corrected chi connectivity index (χ1v) is 9.08. The van der Waals surface area contributed by atoms with Crippen molar-refractivity contribution in [3.8, 4) is 0 Å². The minimum absolute atomic E-state index is 0.000225. The van der Waals surface area contributed by atoms with Gasteiger partial charge in [-0.2, -0.15) is 0 Å². The predicted molar refractivity (Wildman–Crippen MR) is 98.1 cm³/mol.